The molecule has 2 unspecified atom stereocenters. The Kier molecular flexibility index (Phi) is 3.63. The van der Waals surface area contributed by atoms with E-state index >= 15 is 0 Å². The molecule has 2 rings (SSSR count). The molecular formula is C12H13ClN2S. The first-order chi connectivity index (χ1) is 7.69. The van der Waals surface area contributed by atoms with Crippen molar-refractivity contribution in [1.82, 2.24) is 0 Å². The van der Waals surface area contributed by atoms with Crippen molar-refractivity contribution in [2.24, 2.45) is 0 Å². The van der Waals surface area contributed by atoms with Crippen LogP contribution in [0.25, 0.3) is 0 Å². The van der Waals surface area contributed by atoms with E-state index in [2.05, 4.69) is 18.3 Å². The Balaban J connectivity index is 2.14. The molecule has 2 nitrogen and oxygen atoms in total. The van der Waals surface area contributed by atoms with Crippen LogP contribution < -0.4 is 5.32 Å². The zero-order chi connectivity index (χ0) is 11.5. The van der Waals surface area contributed by atoms with E-state index in [1.165, 1.54) is 0 Å². The Morgan fingerprint density at radius 3 is 3.00 bits per heavy atom. The number of nitrogens with one attached hydrogen (secondary N) is 1. The number of nitrogens with zero attached hydrogens (tertiary/aromatic N) is 1. The van der Waals surface area contributed by atoms with Gasteiger partial charge in [0, 0.05) is 22.1 Å². The monoisotopic (exact) mass is 252 g/mol. The summed E-state index contributed by atoms with van der Waals surface area (Å²) in [5.41, 5.74) is 1.52. The normalized spacial score (nSPS) is 24.1. The summed E-state index contributed by atoms with van der Waals surface area (Å²) in [5.74, 6) is 1.10. The van der Waals surface area contributed by atoms with Crippen LogP contribution in [0.1, 0.15) is 18.9 Å². The zero-order valence-corrected chi connectivity index (χ0v) is 10.6. The van der Waals surface area contributed by atoms with Gasteiger partial charge in [0.1, 0.15) is 6.07 Å². The predicted octanol–water partition coefficient (Wildman–Crippen LogP) is 3.52. The van der Waals surface area contributed by atoms with Gasteiger partial charge in [0.2, 0.25) is 0 Å². The van der Waals surface area contributed by atoms with Crippen LogP contribution in [0.3, 0.4) is 0 Å². The second-order valence-corrected chi connectivity index (χ2v) is 5.93. The highest BCUT2D eigenvalue weighted by Crippen LogP contribution is 2.30. The van der Waals surface area contributed by atoms with Gasteiger partial charge in [-0.2, -0.15) is 17.0 Å². The van der Waals surface area contributed by atoms with Crippen molar-refractivity contribution < 1.29 is 0 Å². The lowest BCUT2D eigenvalue weighted by Crippen LogP contribution is -2.19. The third-order valence-corrected chi connectivity index (χ3v) is 4.25. The average molecular weight is 253 g/mol. The molecule has 2 atom stereocenters. The molecule has 0 saturated carbocycles. The lowest BCUT2D eigenvalue weighted by molar-refractivity contribution is 0.747. The Hall–Kier alpha value is -0.850. The summed E-state index contributed by atoms with van der Waals surface area (Å²) in [7, 11) is 0. The second kappa shape index (κ2) is 4.99. The molecule has 1 aliphatic rings. The van der Waals surface area contributed by atoms with Gasteiger partial charge in [-0.25, -0.2) is 0 Å². The summed E-state index contributed by atoms with van der Waals surface area (Å²) in [6, 6.07) is 7.96. The molecule has 16 heavy (non-hydrogen) atoms. The fourth-order valence-corrected chi connectivity index (χ4v) is 3.19. The van der Waals surface area contributed by atoms with Crippen LogP contribution in [0.4, 0.5) is 5.69 Å². The van der Waals surface area contributed by atoms with Gasteiger partial charge in [0.05, 0.1) is 11.3 Å². The van der Waals surface area contributed by atoms with E-state index in [0.717, 1.165) is 17.9 Å². The van der Waals surface area contributed by atoms with Crippen molar-refractivity contribution in [3.63, 3.8) is 0 Å². The van der Waals surface area contributed by atoms with E-state index in [1.807, 2.05) is 17.8 Å². The Morgan fingerprint density at radius 1 is 1.56 bits per heavy atom. The van der Waals surface area contributed by atoms with Crippen molar-refractivity contribution in [3.05, 3.63) is 28.8 Å². The Labute approximate surface area is 105 Å². The quantitative estimate of drug-likeness (QED) is 0.875. The molecule has 1 aliphatic heterocycles. The minimum Gasteiger partial charge on any atom is -0.380 e. The maximum absolute atomic E-state index is 9.00. The fourth-order valence-electron chi connectivity index (χ4n) is 1.87. The molecule has 0 bridgehead atoms. The van der Waals surface area contributed by atoms with Gasteiger partial charge in [-0.05, 0) is 24.6 Å². The van der Waals surface area contributed by atoms with Crippen molar-refractivity contribution in [2.75, 3.05) is 11.1 Å². The maximum atomic E-state index is 9.00. The average Bonchev–Trinajstić information content (AvgIpc) is 2.64. The number of halogens is 1. The highest BCUT2D eigenvalue weighted by Gasteiger charge is 2.22. The summed E-state index contributed by atoms with van der Waals surface area (Å²) < 4.78 is 0. The van der Waals surface area contributed by atoms with Crippen molar-refractivity contribution in [1.29, 1.82) is 5.26 Å². The molecule has 1 saturated heterocycles. The summed E-state index contributed by atoms with van der Waals surface area (Å²) in [5, 5.41) is 13.8. The first kappa shape index (κ1) is 11.6. The third-order valence-electron chi connectivity index (χ3n) is 2.66. The largest absolute Gasteiger partial charge is 0.380 e. The molecule has 0 aromatic heterocycles. The Morgan fingerprint density at radius 2 is 2.38 bits per heavy atom. The van der Waals surface area contributed by atoms with E-state index in [0.29, 0.717) is 21.9 Å². The molecule has 1 heterocycles. The minimum absolute atomic E-state index is 0.450. The first-order valence-corrected chi connectivity index (χ1v) is 6.69. The van der Waals surface area contributed by atoms with Crippen LogP contribution in [0, 0.1) is 11.3 Å². The van der Waals surface area contributed by atoms with Gasteiger partial charge in [-0.15, -0.1) is 0 Å². The molecule has 0 radical (unpaired) electrons. The summed E-state index contributed by atoms with van der Waals surface area (Å²) >= 11 is 7.90. The maximum Gasteiger partial charge on any atom is 0.101 e. The molecule has 1 aromatic carbocycles. The molecule has 1 N–H and O–H groups in total. The molecule has 1 aromatic rings. The van der Waals surface area contributed by atoms with E-state index in [4.69, 9.17) is 16.9 Å². The lowest BCUT2D eigenvalue weighted by Gasteiger charge is -2.14. The topological polar surface area (TPSA) is 35.8 Å². The first-order valence-electron chi connectivity index (χ1n) is 5.27. The number of thioether (sulfide) groups is 1. The van der Waals surface area contributed by atoms with E-state index in [9.17, 15) is 0 Å². The van der Waals surface area contributed by atoms with Gasteiger partial charge in [0.25, 0.3) is 0 Å². The number of anilines is 1. The van der Waals surface area contributed by atoms with Crippen LogP contribution in [0.5, 0.6) is 0 Å². The number of benzene rings is 1. The zero-order valence-electron chi connectivity index (χ0n) is 9.03. The van der Waals surface area contributed by atoms with E-state index in [1.54, 1.807) is 12.1 Å². The molecular weight excluding hydrogens is 240 g/mol. The molecule has 0 spiro atoms. The number of hydrogen-bond donors (Lipinski definition) is 1. The fraction of sp³-hybridized carbons (Fsp3) is 0.417. The molecule has 0 aliphatic carbocycles. The number of nitriles is 1. The summed E-state index contributed by atoms with van der Waals surface area (Å²) in [6.45, 7) is 2.23. The van der Waals surface area contributed by atoms with Crippen LogP contribution in [-0.4, -0.2) is 17.0 Å². The van der Waals surface area contributed by atoms with Gasteiger partial charge in [0.15, 0.2) is 0 Å². The third kappa shape index (κ3) is 2.63. The SMILES string of the molecule is CC1CC(Nc2cc(Cl)ccc2C#N)CS1. The number of hydrogen-bond acceptors (Lipinski definition) is 3. The van der Waals surface area contributed by atoms with Gasteiger partial charge < -0.3 is 5.32 Å². The van der Waals surface area contributed by atoms with Crippen LogP contribution in [0.2, 0.25) is 5.02 Å². The molecule has 0 amide bonds. The summed E-state index contributed by atoms with van der Waals surface area (Å²) in [6.07, 6.45) is 1.14. The highest BCUT2D eigenvalue weighted by atomic mass is 35.5. The van der Waals surface area contributed by atoms with Gasteiger partial charge in [-0.3, -0.25) is 0 Å². The molecule has 4 heteroatoms. The second-order valence-electron chi connectivity index (χ2n) is 4.02. The van der Waals surface area contributed by atoms with Crippen molar-refractivity contribution in [2.45, 2.75) is 24.6 Å². The van der Waals surface area contributed by atoms with Gasteiger partial charge in [-0.1, -0.05) is 18.5 Å². The van der Waals surface area contributed by atoms with Crippen LogP contribution in [-0.2, 0) is 0 Å². The number of rotatable bonds is 2. The minimum atomic E-state index is 0.450. The molecule has 84 valence electrons. The smallest absolute Gasteiger partial charge is 0.101 e. The predicted molar refractivity (Wildman–Crippen MR) is 70.1 cm³/mol. The van der Waals surface area contributed by atoms with Crippen LogP contribution >= 0.6 is 23.4 Å². The molecule has 1 fully saturated rings. The standard InChI is InChI=1S/C12H13ClN2S/c1-8-4-11(7-16-8)15-12-5-10(13)3-2-9(12)6-14/h2-3,5,8,11,15H,4,7H2,1H3. The Bertz CT molecular complexity index is 428. The summed E-state index contributed by atoms with van der Waals surface area (Å²) in [4.78, 5) is 0. The van der Waals surface area contributed by atoms with Gasteiger partial charge >= 0.3 is 0 Å². The van der Waals surface area contributed by atoms with E-state index < -0.39 is 0 Å². The lowest BCUT2D eigenvalue weighted by atomic mass is 10.1. The van der Waals surface area contributed by atoms with Crippen molar-refractivity contribution in [3.8, 4) is 6.07 Å². The van der Waals surface area contributed by atoms with Crippen LogP contribution in [0.15, 0.2) is 18.2 Å². The van der Waals surface area contributed by atoms with E-state index in [-0.39, 0.29) is 0 Å². The highest BCUT2D eigenvalue weighted by molar-refractivity contribution is 8.00. The van der Waals surface area contributed by atoms with Crippen molar-refractivity contribution >= 4 is 29.1 Å².